The zero-order valence-corrected chi connectivity index (χ0v) is 17.2. The molecule has 9 heteroatoms. The molecule has 28 heavy (non-hydrogen) atoms. The predicted octanol–water partition coefficient (Wildman–Crippen LogP) is 4.96. The van der Waals surface area contributed by atoms with Crippen LogP contribution in [0.3, 0.4) is 0 Å². The van der Waals surface area contributed by atoms with Gasteiger partial charge in [0.05, 0.1) is 11.1 Å². The molecule has 4 nitrogen and oxygen atoms in total. The van der Waals surface area contributed by atoms with Gasteiger partial charge in [-0.25, -0.2) is 0 Å². The Morgan fingerprint density at radius 2 is 1.86 bits per heavy atom. The quantitative estimate of drug-likeness (QED) is 0.596. The molecule has 0 radical (unpaired) electrons. The topological polar surface area (TPSA) is 58.2 Å². The second-order valence-corrected chi connectivity index (χ2v) is 7.70. The number of thioether (sulfide) groups is 1. The van der Waals surface area contributed by atoms with E-state index in [0.29, 0.717) is 22.2 Å². The third-order valence-electron chi connectivity index (χ3n) is 3.81. The Kier molecular flexibility index (Phi) is 7.94. The van der Waals surface area contributed by atoms with Gasteiger partial charge in [0.15, 0.2) is 0 Å². The summed E-state index contributed by atoms with van der Waals surface area (Å²) < 4.78 is 39.1. The first-order valence-corrected chi connectivity index (χ1v) is 10.4. The summed E-state index contributed by atoms with van der Waals surface area (Å²) in [5, 5.41) is 5.12. The van der Waals surface area contributed by atoms with Gasteiger partial charge < -0.3 is 10.6 Å². The monoisotopic (exact) mass is 474 g/mol. The van der Waals surface area contributed by atoms with Crippen LogP contribution in [-0.2, 0) is 11.0 Å². The zero-order chi connectivity index (χ0) is 20.7. The standard InChI is InChI=1S/C19H18BrF3N2O2S/c1-28-10-9-16(25-17(26)14-7-2-3-8-15(14)20)18(27)24-13-6-4-5-12(11-13)19(21,22)23/h2-8,11,16H,9-10H2,1H3,(H,24,27)(H,25,26). The van der Waals surface area contributed by atoms with Crippen LogP contribution in [0.4, 0.5) is 18.9 Å². The fourth-order valence-corrected chi connectivity index (χ4v) is 3.32. The van der Waals surface area contributed by atoms with E-state index in [1.165, 1.54) is 23.9 Å². The lowest BCUT2D eigenvalue weighted by molar-refractivity contribution is -0.137. The third kappa shape index (κ3) is 6.27. The first-order chi connectivity index (χ1) is 13.2. The molecule has 2 amide bonds. The van der Waals surface area contributed by atoms with E-state index in [0.717, 1.165) is 12.1 Å². The van der Waals surface area contributed by atoms with Gasteiger partial charge in [-0.05, 0) is 64.7 Å². The normalized spacial score (nSPS) is 12.3. The number of amides is 2. The maximum absolute atomic E-state index is 12.9. The molecule has 0 fully saturated rings. The zero-order valence-electron chi connectivity index (χ0n) is 14.8. The second-order valence-electron chi connectivity index (χ2n) is 5.86. The Labute approximate surface area is 173 Å². The number of rotatable bonds is 7. The van der Waals surface area contributed by atoms with Crippen molar-refractivity contribution in [1.29, 1.82) is 0 Å². The van der Waals surface area contributed by atoms with Crippen molar-refractivity contribution in [3.8, 4) is 0 Å². The maximum atomic E-state index is 12.9. The summed E-state index contributed by atoms with van der Waals surface area (Å²) in [6, 6.07) is 10.2. The Morgan fingerprint density at radius 3 is 2.50 bits per heavy atom. The summed E-state index contributed by atoms with van der Waals surface area (Å²) in [5.74, 6) is -0.428. The van der Waals surface area contributed by atoms with Crippen LogP contribution in [0.1, 0.15) is 22.3 Å². The van der Waals surface area contributed by atoms with Crippen LogP contribution in [0.5, 0.6) is 0 Å². The lowest BCUT2D eigenvalue weighted by Crippen LogP contribution is -2.44. The number of alkyl halides is 3. The first-order valence-electron chi connectivity index (χ1n) is 8.25. The van der Waals surface area contributed by atoms with Crippen molar-refractivity contribution < 1.29 is 22.8 Å². The van der Waals surface area contributed by atoms with Gasteiger partial charge >= 0.3 is 6.18 Å². The lowest BCUT2D eigenvalue weighted by atomic mass is 10.1. The Bertz CT molecular complexity index is 846. The molecule has 0 saturated heterocycles. The molecule has 0 heterocycles. The number of hydrogen-bond acceptors (Lipinski definition) is 3. The Morgan fingerprint density at radius 1 is 1.14 bits per heavy atom. The molecule has 2 N–H and O–H groups in total. The number of nitrogens with one attached hydrogen (secondary N) is 2. The Hall–Kier alpha value is -2.00. The van der Waals surface area contributed by atoms with Crippen molar-refractivity contribution in [3.05, 3.63) is 64.1 Å². The molecular weight excluding hydrogens is 457 g/mol. The minimum Gasteiger partial charge on any atom is -0.340 e. The molecule has 2 rings (SSSR count). The molecule has 0 spiro atoms. The number of benzene rings is 2. The third-order valence-corrected chi connectivity index (χ3v) is 5.14. The molecule has 0 bridgehead atoms. The van der Waals surface area contributed by atoms with Gasteiger partial charge in [0.25, 0.3) is 5.91 Å². The van der Waals surface area contributed by atoms with Crippen LogP contribution in [0.15, 0.2) is 53.0 Å². The average molecular weight is 475 g/mol. The molecule has 2 aromatic carbocycles. The first kappa shape index (κ1) is 22.3. The van der Waals surface area contributed by atoms with Gasteiger partial charge in [0, 0.05) is 10.2 Å². The van der Waals surface area contributed by atoms with Crippen molar-refractivity contribution in [2.45, 2.75) is 18.6 Å². The summed E-state index contributed by atoms with van der Waals surface area (Å²) >= 11 is 4.78. The highest BCUT2D eigenvalue weighted by atomic mass is 79.9. The Balaban J connectivity index is 2.15. The molecule has 1 atom stereocenters. The molecule has 0 aliphatic rings. The van der Waals surface area contributed by atoms with Crippen LogP contribution in [-0.4, -0.2) is 29.9 Å². The van der Waals surface area contributed by atoms with Crippen LogP contribution in [0, 0.1) is 0 Å². The largest absolute Gasteiger partial charge is 0.416 e. The van der Waals surface area contributed by atoms with Crippen LogP contribution < -0.4 is 10.6 Å². The van der Waals surface area contributed by atoms with Crippen LogP contribution in [0.25, 0.3) is 0 Å². The van der Waals surface area contributed by atoms with E-state index in [1.807, 2.05) is 6.26 Å². The number of hydrogen-bond donors (Lipinski definition) is 2. The van der Waals surface area contributed by atoms with E-state index < -0.39 is 29.6 Å². The molecule has 0 aliphatic carbocycles. The number of carbonyl (C=O) groups is 2. The minimum atomic E-state index is -4.51. The number of anilines is 1. The molecule has 0 saturated carbocycles. The molecule has 0 aliphatic heterocycles. The van der Waals surface area contributed by atoms with E-state index >= 15 is 0 Å². The van der Waals surface area contributed by atoms with Gasteiger partial charge in [-0.1, -0.05) is 18.2 Å². The molecule has 2 aromatic rings. The van der Waals surface area contributed by atoms with Gasteiger partial charge in [0.1, 0.15) is 6.04 Å². The van der Waals surface area contributed by atoms with Crippen LogP contribution in [0.2, 0.25) is 0 Å². The smallest absolute Gasteiger partial charge is 0.340 e. The van der Waals surface area contributed by atoms with Gasteiger partial charge in [0.2, 0.25) is 5.91 Å². The summed E-state index contributed by atoms with van der Waals surface area (Å²) in [5.41, 5.74) is -0.476. The van der Waals surface area contributed by atoms with Crippen molar-refractivity contribution >= 4 is 45.2 Å². The van der Waals surface area contributed by atoms with E-state index in [4.69, 9.17) is 0 Å². The van der Waals surface area contributed by atoms with Crippen LogP contribution >= 0.6 is 27.7 Å². The fraction of sp³-hybridized carbons (Fsp3) is 0.263. The van der Waals surface area contributed by atoms with E-state index in [9.17, 15) is 22.8 Å². The summed E-state index contributed by atoms with van der Waals surface area (Å²) in [6.07, 6.45) is -2.31. The molecular formula is C19H18BrF3N2O2S. The molecule has 0 aromatic heterocycles. The molecule has 1 unspecified atom stereocenters. The van der Waals surface area contributed by atoms with Crippen molar-refractivity contribution in [3.63, 3.8) is 0 Å². The average Bonchev–Trinajstić information content (AvgIpc) is 2.64. The highest BCUT2D eigenvalue weighted by Crippen LogP contribution is 2.30. The summed E-state index contributed by atoms with van der Waals surface area (Å²) in [7, 11) is 0. The summed E-state index contributed by atoms with van der Waals surface area (Å²) in [4.78, 5) is 25.1. The highest BCUT2D eigenvalue weighted by Gasteiger charge is 2.31. The fourth-order valence-electron chi connectivity index (χ4n) is 2.39. The maximum Gasteiger partial charge on any atom is 0.416 e. The van der Waals surface area contributed by atoms with Gasteiger partial charge in [-0.15, -0.1) is 0 Å². The predicted molar refractivity (Wildman–Crippen MR) is 108 cm³/mol. The van der Waals surface area contributed by atoms with E-state index in [1.54, 1.807) is 24.3 Å². The number of halogens is 4. The van der Waals surface area contributed by atoms with Crippen molar-refractivity contribution in [1.82, 2.24) is 5.32 Å². The summed E-state index contributed by atoms with van der Waals surface area (Å²) in [6.45, 7) is 0. The lowest BCUT2D eigenvalue weighted by Gasteiger charge is -2.19. The minimum absolute atomic E-state index is 0.0177. The van der Waals surface area contributed by atoms with Gasteiger partial charge in [-0.3, -0.25) is 9.59 Å². The van der Waals surface area contributed by atoms with E-state index in [-0.39, 0.29) is 5.69 Å². The SMILES string of the molecule is CSCCC(NC(=O)c1ccccc1Br)C(=O)Nc1cccc(C(F)(F)F)c1. The molecule has 150 valence electrons. The van der Waals surface area contributed by atoms with Gasteiger partial charge in [-0.2, -0.15) is 24.9 Å². The highest BCUT2D eigenvalue weighted by molar-refractivity contribution is 9.10. The van der Waals surface area contributed by atoms with E-state index in [2.05, 4.69) is 26.6 Å². The second kappa shape index (κ2) is 9.97. The van der Waals surface area contributed by atoms with Crippen molar-refractivity contribution in [2.75, 3.05) is 17.3 Å². The van der Waals surface area contributed by atoms with Crippen molar-refractivity contribution in [2.24, 2.45) is 0 Å². The number of carbonyl (C=O) groups excluding carboxylic acids is 2.